The van der Waals surface area contributed by atoms with Gasteiger partial charge in [0, 0.05) is 16.8 Å². The Bertz CT molecular complexity index is 977. The topological polar surface area (TPSA) is 74.7 Å². The second kappa shape index (κ2) is 9.73. The number of aryl methyl sites for hydroxylation is 1. The molecule has 0 spiro atoms. The molecule has 1 aliphatic heterocycles. The molecule has 30 heavy (non-hydrogen) atoms. The Balaban J connectivity index is 2.04. The molecule has 0 aliphatic carbocycles. The van der Waals surface area contributed by atoms with Crippen LogP contribution < -0.4 is 0 Å². The van der Waals surface area contributed by atoms with Crippen LogP contribution in [-0.4, -0.2) is 41.3 Å². The number of benzene rings is 2. The average molecular weight is 468 g/mol. The Morgan fingerprint density at radius 3 is 2.37 bits per heavy atom. The van der Waals surface area contributed by atoms with Gasteiger partial charge >= 0.3 is 5.97 Å². The van der Waals surface area contributed by atoms with Gasteiger partial charge in [0.25, 0.3) is 0 Å². The number of carbonyl (C=O) groups is 1. The maximum atomic E-state index is 13.5. The Hall–Kier alpha value is -1.54. The minimum Gasteiger partial charge on any atom is -0.481 e. The van der Waals surface area contributed by atoms with E-state index >= 15 is 0 Å². The van der Waals surface area contributed by atoms with Gasteiger partial charge in [-0.1, -0.05) is 48.4 Å². The third-order valence-corrected chi connectivity index (χ3v) is 9.10. The number of hydrogen-bond acceptors (Lipinski definition) is 4. The molecule has 162 valence electrons. The molecule has 0 radical (unpaired) electrons. The number of aliphatic carboxylic acids is 1. The van der Waals surface area contributed by atoms with Gasteiger partial charge in [0.05, 0.1) is 16.9 Å². The number of rotatable bonds is 7. The molecule has 1 aliphatic rings. The number of thioether (sulfide) groups is 1. The molecular formula is C22H26ClNO4S2. The van der Waals surface area contributed by atoms with Crippen LogP contribution in [0.2, 0.25) is 5.02 Å². The zero-order valence-corrected chi connectivity index (χ0v) is 19.4. The molecule has 0 aromatic heterocycles. The molecule has 0 bridgehead atoms. The maximum Gasteiger partial charge on any atom is 0.308 e. The van der Waals surface area contributed by atoms with Crippen molar-refractivity contribution in [1.82, 2.24) is 4.31 Å². The monoisotopic (exact) mass is 467 g/mol. The van der Waals surface area contributed by atoms with Crippen molar-refractivity contribution in [3.8, 4) is 0 Å². The summed E-state index contributed by atoms with van der Waals surface area (Å²) in [5, 5.41) is 10.1. The lowest BCUT2D eigenvalue weighted by Crippen LogP contribution is -2.49. The van der Waals surface area contributed by atoms with Crippen molar-refractivity contribution < 1.29 is 18.3 Å². The highest BCUT2D eigenvalue weighted by Gasteiger charge is 2.45. The molecule has 2 aromatic rings. The number of carboxylic acids is 1. The summed E-state index contributed by atoms with van der Waals surface area (Å²) in [4.78, 5) is 12.1. The molecule has 0 amide bonds. The van der Waals surface area contributed by atoms with E-state index in [4.69, 9.17) is 11.6 Å². The molecule has 1 fully saturated rings. The zero-order valence-electron chi connectivity index (χ0n) is 17.0. The van der Waals surface area contributed by atoms with Crippen LogP contribution >= 0.6 is 23.4 Å². The zero-order chi connectivity index (χ0) is 21.9. The third-order valence-electron chi connectivity index (χ3n) is 5.36. The molecule has 8 heteroatoms. The minimum absolute atomic E-state index is 0.0553. The molecule has 1 N–H and O–H groups in total. The van der Waals surface area contributed by atoms with E-state index in [1.807, 2.05) is 31.2 Å². The highest BCUT2D eigenvalue weighted by Crippen LogP contribution is 2.42. The van der Waals surface area contributed by atoms with E-state index in [2.05, 4.69) is 6.92 Å². The van der Waals surface area contributed by atoms with Gasteiger partial charge in [0.2, 0.25) is 10.0 Å². The number of carboxylic acid groups (broad SMARTS) is 1. The minimum atomic E-state index is -3.89. The fraction of sp³-hybridized carbons (Fsp3) is 0.409. The lowest BCUT2D eigenvalue weighted by molar-refractivity contribution is -0.143. The standard InChI is InChI=1S/C22H26ClNO4S2/c1-3-12-29-21-13-20(16-6-4-15(2)5-7-16)24(14-19(21)22(25)26)30(27,28)18-10-8-17(23)9-11-18/h4-11,19-21H,3,12-14H2,1-2H3,(H,25,26)/t19-,20+,21-/m1/s1. The molecule has 1 saturated heterocycles. The summed E-state index contributed by atoms with van der Waals surface area (Å²) in [6.45, 7) is 3.98. The van der Waals surface area contributed by atoms with Crippen LogP contribution in [-0.2, 0) is 14.8 Å². The van der Waals surface area contributed by atoms with Crippen LogP contribution in [0.1, 0.15) is 36.9 Å². The molecule has 0 saturated carbocycles. The van der Waals surface area contributed by atoms with Crippen molar-refractivity contribution in [1.29, 1.82) is 0 Å². The van der Waals surface area contributed by atoms with Crippen LogP contribution in [0.4, 0.5) is 0 Å². The first-order valence-corrected chi connectivity index (χ1v) is 12.8. The van der Waals surface area contributed by atoms with E-state index in [0.29, 0.717) is 11.4 Å². The van der Waals surface area contributed by atoms with E-state index in [9.17, 15) is 18.3 Å². The van der Waals surface area contributed by atoms with Gasteiger partial charge in [-0.25, -0.2) is 8.42 Å². The Kier molecular flexibility index (Phi) is 7.50. The molecule has 5 nitrogen and oxygen atoms in total. The van der Waals surface area contributed by atoms with Crippen LogP contribution in [0.25, 0.3) is 0 Å². The van der Waals surface area contributed by atoms with E-state index in [1.54, 1.807) is 11.8 Å². The molecule has 3 rings (SSSR count). The molecule has 1 heterocycles. The first kappa shape index (κ1) is 23.1. The lowest BCUT2D eigenvalue weighted by Gasteiger charge is -2.41. The van der Waals surface area contributed by atoms with Gasteiger partial charge in [0.15, 0.2) is 0 Å². The number of nitrogens with zero attached hydrogens (tertiary/aromatic N) is 1. The number of halogens is 1. The Morgan fingerprint density at radius 2 is 1.80 bits per heavy atom. The van der Waals surface area contributed by atoms with Gasteiger partial charge in [0.1, 0.15) is 0 Å². The van der Waals surface area contributed by atoms with Crippen LogP contribution in [0.15, 0.2) is 53.4 Å². The van der Waals surface area contributed by atoms with Crippen molar-refractivity contribution in [3.63, 3.8) is 0 Å². The summed E-state index contributed by atoms with van der Waals surface area (Å²) >= 11 is 7.56. The quantitative estimate of drug-likeness (QED) is 0.620. The predicted octanol–water partition coefficient (Wildman–Crippen LogP) is 5.00. The fourth-order valence-electron chi connectivity index (χ4n) is 3.73. The van der Waals surface area contributed by atoms with Gasteiger partial charge in [-0.05, 0) is 55.3 Å². The second-order valence-corrected chi connectivity index (χ2v) is 11.2. The summed E-state index contributed by atoms with van der Waals surface area (Å²) in [6.07, 6.45) is 1.40. The van der Waals surface area contributed by atoms with Crippen LogP contribution in [0, 0.1) is 12.8 Å². The molecule has 2 aromatic carbocycles. The van der Waals surface area contributed by atoms with Crippen LogP contribution in [0.3, 0.4) is 0 Å². The first-order chi connectivity index (χ1) is 14.2. The fourth-order valence-corrected chi connectivity index (χ4v) is 6.80. The van der Waals surface area contributed by atoms with E-state index in [0.717, 1.165) is 23.3 Å². The van der Waals surface area contributed by atoms with Crippen molar-refractivity contribution in [2.24, 2.45) is 5.92 Å². The summed E-state index contributed by atoms with van der Waals surface area (Å²) in [5.74, 6) is -0.869. The van der Waals surface area contributed by atoms with Crippen molar-refractivity contribution >= 4 is 39.4 Å². The molecule has 0 unspecified atom stereocenters. The van der Waals surface area contributed by atoms with Gasteiger partial charge < -0.3 is 5.11 Å². The largest absolute Gasteiger partial charge is 0.481 e. The SMILES string of the molecule is CCCS[C@@H]1C[C@@H](c2ccc(C)cc2)N(S(=O)(=O)c2ccc(Cl)cc2)C[C@H]1C(=O)O. The summed E-state index contributed by atoms with van der Waals surface area (Å²) < 4.78 is 28.4. The Morgan fingerprint density at radius 1 is 1.17 bits per heavy atom. The van der Waals surface area contributed by atoms with Gasteiger partial charge in [-0.15, -0.1) is 0 Å². The number of piperidine rings is 1. The predicted molar refractivity (Wildman–Crippen MR) is 122 cm³/mol. The maximum absolute atomic E-state index is 13.5. The van der Waals surface area contributed by atoms with E-state index in [-0.39, 0.29) is 16.7 Å². The summed E-state index contributed by atoms with van der Waals surface area (Å²) in [6, 6.07) is 13.4. The highest BCUT2D eigenvalue weighted by atomic mass is 35.5. The van der Waals surface area contributed by atoms with Crippen molar-refractivity contribution in [2.45, 2.75) is 42.9 Å². The normalized spacial score (nSPS) is 22.7. The van der Waals surface area contributed by atoms with Crippen molar-refractivity contribution in [2.75, 3.05) is 12.3 Å². The lowest BCUT2D eigenvalue weighted by atomic mass is 9.90. The first-order valence-electron chi connectivity index (χ1n) is 9.92. The number of hydrogen-bond donors (Lipinski definition) is 1. The Labute approximate surface area is 187 Å². The second-order valence-electron chi connectivity index (χ2n) is 7.54. The van der Waals surface area contributed by atoms with E-state index in [1.165, 1.54) is 28.6 Å². The summed E-state index contributed by atoms with van der Waals surface area (Å²) in [7, 11) is -3.89. The van der Waals surface area contributed by atoms with Crippen molar-refractivity contribution in [3.05, 3.63) is 64.7 Å². The van der Waals surface area contributed by atoms with E-state index < -0.39 is 28.0 Å². The van der Waals surface area contributed by atoms with Crippen LogP contribution in [0.5, 0.6) is 0 Å². The smallest absolute Gasteiger partial charge is 0.308 e. The average Bonchev–Trinajstić information content (AvgIpc) is 2.72. The summed E-state index contributed by atoms with van der Waals surface area (Å²) in [5.41, 5.74) is 1.96. The molecular weight excluding hydrogens is 442 g/mol. The molecule has 3 atom stereocenters. The van der Waals surface area contributed by atoms with Gasteiger partial charge in [-0.2, -0.15) is 16.1 Å². The van der Waals surface area contributed by atoms with Gasteiger partial charge in [-0.3, -0.25) is 4.79 Å². The third kappa shape index (κ3) is 5.02. The number of sulfonamides is 1. The highest BCUT2D eigenvalue weighted by molar-refractivity contribution is 7.99.